The van der Waals surface area contributed by atoms with Crippen molar-refractivity contribution in [1.82, 2.24) is 5.32 Å². The van der Waals surface area contributed by atoms with Crippen molar-refractivity contribution >= 4 is 15.9 Å². The van der Waals surface area contributed by atoms with Gasteiger partial charge in [0.15, 0.2) is 0 Å². The van der Waals surface area contributed by atoms with Crippen LogP contribution in [0.15, 0.2) is 22.7 Å². The molecule has 0 radical (unpaired) electrons. The van der Waals surface area contributed by atoms with Gasteiger partial charge in [-0.3, -0.25) is 0 Å². The first-order chi connectivity index (χ1) is 10.1. The van der Waals surface area contributed by atoms with Gasteiger partial charge in [0.25, 0.3) is 0 Å². The minimum Gasteiger partial charge on any atom is -0.489 e. The van der Waals surface area contributed by atoms with Crippen molar-refractivity contribution in [3.05, 3.63) is 28.2 Å². The Morgan fingerprint density at radius 2 is 1.90 bits per heavy atom. The highest BCUT2D eigenvalue weighted by molar-refractivity contribution is 9.10. The van der Waals surface area contributed by atoms with Crippen molar-refractivity contribution in [2.24, 2.45) is 11.8 Å². The standard InChI is InChI=1S/C18H28BrNO/c1-4-7-20-12-15-5-6-18(17(19)11-15)21-16-9-13(2)8-14(3)10-16/h5-6,11,13-14,16,20H,4,7-10,12H2,1-3H3. The molecule has 3 heteroatoms. The first kappa shape index (κ1) is 16.8. The lowest BCUT2D eigenvalue weighted by atomic mass is 9.82. The summed E-state index contributed by atoms with van der Waals surface area (Å²) in [5, 5.41) is 3.43. The molecule has 0 bridgehead atoms. The summed E-state index contributed by atoms with van der Waals surface area (Å²) >= 11 is 3.66. The molecule has 2 atom stereocenters. The van der Waals surface area contributed by atoms with E-state index in [9.17, 15) is 0 Å². The second-order valence-corrected chi connectivity index (χ2v) is 7.45. The molecule has 1 aliphatic carbocycles. The maximum absolute atomic E-state index is 6.24. The van der Waals surface area contributed by atoms with Crippen molar-refractivity contribution < 1.29 is 4.74 Å². The molecule has 1 N–H and O–H groups in total. The smallest absolute Gasteiger partial charge is 0.133 e. The van der Waals surface area contributed by atoms with Crippen LogP contribution in [0.2, 0.25) is 0 Å². The summed E-state index contributed by atoms with van der Waals surface area (Å²) in [5.74, 6) is 2.53. The molecule has 0 amide bonds. The molecule has 0 spiro atoms. The van der Waals surface area contributed by atoms with Gasteiger partial charge in [0.1, 0.15) is 5.75 Å². The van der Waals surface area contributed by atoms with E-state index in [0.29, 0.717) is 6.10 Å². The van der Waals surface area contributed by atoms with E-state index in [-0.39, 0.29) is 0 Å². The molecule has 2 nitrogen and oxygen atoms in total. The molecule has 0 aromatic heterocycles. The summed E-state index contributed by atoms with van der Waals surface area (Å²) in [7, 11) is 0. The average molecular weight is 354 g/mol. The summed E-state index contributed by atoms with van der Waals surface area (Å²) in [5.41, 5.74) is 1.30. The van der Waals surface area contributed by atoms with Gasteiger partial charge in [-0.15, -0.1) is 0 Å². The van der Waals surface area contributed by atoms with Crippen LogP contribution >= 0.6 is 15.9 Å². The Morgan fingerprint density at radius 3 is 2.52 bits per heavy atom. The quantitative estimate of drug-likeness (QED) is 0.713. The molecule has 2 rings (SSSR count). The highest BCUT2D eigenvalue weighted by Crippen LogP contribution is 2.34. The number of hydrogen-bond donors (Lipinski definition) is 1. The third-order valence-corrected chi connectivity index (χ3v) is 4.80. The van der Waals surface area contributed by atoms with Gasteiger partial charge in [0.2, 0.25) is 0 Å². The van der Waals surface area contributed by atoms with Gasteiger partial charge in [-0.25, -0.2) is 0 Å². The molecule has 21 heavy (non-hydrogen) atoms. The van der Waals surface area contributed by atoms with Gasteiger partial charge >= 0.3 is 0 Å². The predicted octanol–water partition coefficient (Wildman–Crippen LogP) is 5.15. The SMILES string of the molecule is CCCNCc1ccc(OC2CC(C)CC(C)C2)c(Br)c1. The third-order valence-electron chi connectivity index (χ3n) is 4.18. The molecule has 2 unspecified atom stereocenters. The van der Waals surface area contributed by atoms with Crippen LogP contribution in [0.1, 0.15) is 52.0 Å². The van der Waals surface area contributed by atoms with Gasteiger partial charge in [0, 0.05) is 6.54 Å². The minimum absolute atomic E-state index is 0.365. The van der Waals surface area contributed by atoms with E-state index in [1.807, 2.05) is 0 Å². The second kappa shape index (κ2) is 8.19. The third kappa shape index (κ3) is 5.30. The maximum Gasteiger partial charge on any atom is 0.133 e. The largest absolute Gasteiger partial charge is 0.489 e. The van der Waals surface area contributed by atoms with Crippen molar-refractivity contribution in [2.45, 2.75) is 59.1 Å². The van der Waals surface area contributed by atoms with Crippen LogP contribution in [-0.2, 0) is 6.54 Å². The van der Waals surface area contributed by atoms with E-state index in [2.05, 4.69) is 60.2 Å². The Balaban J connectivity index is 1.94. The van der Waals surface area contributed by atoms with E-state index >= 15 is 0 Å². The van der Waals surface area contributed by atoms with E-state index in [0.717, 1.165) is 35.1 Å². The summed E-state index contributed by atoms with van der Waals surface area (Å²) in [6.45, 7) is 8.84. The number of hydrogen-bond acceptors (Lipinski definition) is 2. The Morgan fingerprint density at radius 1 is 1.19 bits per heavy atom. The monoisotopic (exact) mass is 353 g/mol. The number of rotatable bonds is 6. The van der Waals surface area contributed by atoms with Crippen LogP contribution < -0.4 is 10.1 Å². The van der Waals surface area contributed by atoms with Gasteiger partial charge in [-0.2, -0.15) is 0 Å². The lowest BCUT2D eigenvalue weighted by Gasteiger charge is -2.32. The van der Waals surface area contributed by atoms with Gasteiger partial charge < -0.3 is 10.1 Å². The zero-order valence-corrected chi connectivity index (χ0v) is 15.1. The van der Waals surface area contributed by atoms with Gasteiger partial charge in [-0.1, -0.05) is 26.8 Å². The maximum atomic E-state index is 6.24. The van der Waals surface area contributed by atoms with Gasteiger partial charge in [-0.05, 0) is 77.7 Å². The first-order valence-corrected chi connectivity index (χ1v) is 9.03. The molecular formula is C18H28BrNO. The summed E-state index contributed by atoms with van der Waals surface area (Å²) in [6, 6.07) is 6.45. The summed E-state index contributed by atoms with van der Waals surface area (Å²) < 4.78 is 7.31. The van der Waals surface area contributed by atoms with E-state index in [4.69, 9.17) is 4.74 Å². The fourth-order valence-electron chi connectivity index (χ4n) is 3.31. The number of nitrogens with one attached hydrogen (secondary N) is 1. The van der Waals surface area contributed by atoms with Crippen LogP contribution in [0.3, 0.4) is 0 Å². The Labute approximate surface area is 137 Å². The highest BCUT2D eigenvalue weighted by atomic mass is 79.9. The molecular weight excluding hydrogens is 326 g/mol. The molecule has 118 valence electrons. The van der Waals surface area contributed by atoms with Crippen LogP contribution in [0.5, 0.6) is 5.75 Å². The molecule has 1 fully saturated rings. The Hall–Kier alpha value is -0.540. The van der Waals surface area contributed by atoms with Crippen LogP contribution in [0.25, 0.3) is 0 Å². The van der Waals surface area contributed by atoms with Crippen LogP contribution in [0.4, 0.5) is 0 Å². The number of benzene rings is 1. The van der Waals surface area contributed by atoms with Crippen molar-refractivity contribution in [2.75, 3.05) is 6.54 Å². The zero-order chi connectivity index (χ0) is 15.2. The lowest BCUT2D eigenvalue weighted by Crippen LogP contribution is -2.28. The highest BCUT2D eigenvalue weighted by Gasteiger charge is 2.25. The number of ether oxygens (including phenoxy) is 1. The second-order valence-electron chi connectivity index (χ2n) is 6.60. The van der Waals surface area contributed by atoms with Crippen molar-refractivity contribution in [3.8, 4) is 5.75 Å². The van der Waals surface area contributed by atoms with E-state index < -0.39 is 0 Å². The zero-order valence-electron chi connectivity index (χ0n) is 13.5. The number of halogens is 1. The fraction of sp³-hybridized carbons (Fsp3) is 0.667. The Bertz CT molecular complexity index is 439. The van der Waals surface area contributed by atoms with Crippen LogP contribution in [-0.4, -0.2) is 12.6 Å². The normalized spacial score (nSPS) is 25.8. The van der Waals surface area contributed by atoms with Crippen molar-refractivity contribution in [1.29, 1.82) is 0 Å². The van der Waals surface area contributed by atoms with Crippen molar-refractivity contribution in [3.63, 3.8) is 0 Å². The first-order valence-electron chi connectivity index (χ1n) is 8.24. The fourth-order valence-corrected chi connectivity index (χ4v) is 3.83. The molecule has 1 aromatic carbocycles. The molecule has 0 saturated heterocycles. The molecule has 1 saturated carbocycles. The Kier molecular flexibility index (Phi) is 6.56. The topological polar surface area (TPSA) is 21.3 Å². The molecule has 0 heterocycles. The van der Waals surface area contributed by atoms with E-state index in [1.54, 1.807) is 0 Å². The lowest BCUT2D eigenvalue weighted by molar-refractivity contribution is 0.100. The van der Waals surface area contributed by atoms with E-state index in [1.165, 1.54) is 31.2 Å². The van der Waals surface area contributed by atoms with Crippen LogP contribution in [0, 0.1) is 11.8 Å². The predicted molar refractivity (Wildman–Crippen MR) is 92.7 cm³/mol. The van der Waals surface area contributed by atoms with Gasteiger partial charge in [0.05, 0.1) is 10.6 Å². The molecule has 1 aliphatic rings. The molecule has 1 aromatic rings. The summed E-state index contributed by atoms with van der Waals surface area (Å²) in [6.07, 6.45) is 5.22. The minimum atomic E-state index is 0.365. The summed E-state index contributed by atoms with van der Waals surface area (Å²) in [4.78, 5) is 0. The average Bonchev–Trinajstić information content (AvgIpc) is 2.41. The molecule has 0 aliphatic heterocycles.